The molecule has 0 saturated carbocycles. The predicted octanol–water partition coefficient (Wildman–Crippen LogP) is 4.64. The van der Waals surface area contributed by atoms with E-state index in [2.05, 4.69) is 5.32 Å². The molecule has 0 aliphatic rings. The lowest BCUT2D eigenvalue weighted by Crippen LogP contribution is -2.20. The molecule has 0 bridgehead atoms. The Balaban J connectivity index is 1.80. The summed E-state index contributed by atoms with van der Waals surface area (Å²) in [7, 11) is 0. The molecule has 1 heterocycles. The average Bonchev–Trinajstić information content (AvgIpc) is 3.16. The summed E-state index contributed by atoms with van der Waals surface area (Å²) in [5, 5.41) is 2.90. The summed E-state index contributed by atoms with van der Waals surface area (Å²) in [6.45, 7) is 2.41. The van der Waals surface area contributed by atoms with Gasteiger partial charge in [0.05, 0.1) is 24.8 Å². The van der Waals surface area contributed by atoms with Crippen molar-refractivity contribution < 1.29 is 13.9 Å². The first-order valence-electron chi connectivity index (χ1n) is 8.57. The highest BCUT2D eigenvalue weighted by atomic mass is 19.1. The van der Waals surface area contributed by atoms with Crippen LogP contribution in [0.3, 0.4) is 0 Å². The van der Waals surface area contributed by atoms with E-state index in [9.17, 15) is 9.18 Å². The van der Waals surface area contributed by atoms with Crippen molar-refractivity contribution >= 4 is 11.6 Å². The fourth-order valence-corrected chi connectivity index (χ4v) is 2.89. The summed E-state index contributed by atoms with van der Waals surface area (Å²) in [6.07, 6.45) is 3.92. The van der Waals surface area contributed by atoms with Crippen LogP contribution in [0.5, 0.6) is 5.75 Å². The van der Waals surface area contributed by atoms with Gasteiger partial charge in [0, 0.05) is 12.4 Å². The van der Waals surface area contributed by atoms with Gasteiger partial charge in [0.1, 0.15) is 11.6 Å². The van der Waals surface area contributed by atoms with E-state index in [-0.39, 0.29) is 24.2 Å². The van der Waals surface area contributed by atoms with Crippen molar-refractivity contribution in [2.24, 2.45) is 0 Å². The third kappa shape index (κ3) is 4.30. The van der Waals surface area contributed by atoms with Crippen LogP contribution in [-0.4, -0.2) is 17.1 Å². The standard InChI is InChI=1S/C21H21FN2O2/c1-2-26-20-11-4-3-10-18(20)23-21(25)15-19(24-12-5-6-13-24)16-8-7-9-17(22)14-16/h3-14,19H,2,15H2,1H3,(H,23,25)/t19-/m1/s1. The van der Waals surface area contributed by atoms with Gasteiger partial charge >= 0.3 is 0 Å². The van der Waals surface area contributed by atoms with Crippen molar-refractivity contribution in [1.29, 1.82) is 0 Å². The van der Waals surface area contributed by atoms with Gasteiger partial charge in [-0.25, -0.2) is 4.39 Å². The van der Waals surface area contributed by atoms with Crippen molar-refractivity contribution in [2.75, 3.05) is 11.9 Å². The number of halogens is 1. The van der Waals surface area contributed by atoms with Crippen LogP contribution in [-0.2, 0) is 4.79 Å². The van der Waals surface area contributed by atoms with Crippen molar-refractivity contribution in [1.82, 2.24) is 4.57 Å². The molecule has 1 amide bonds. The number of carbonyl (C=O) groups is 1. The van der Waals surface area contributed by atoms with E-state index in [4.69, 9.17) is 4.74 Å². The Kier molecular flexibility index (Phi) is 5.69. The number of nitrogens with one attached hydrogen (secondary N) is 1. The maximum atomic E-state index is 13.7. The minimum absolute atomic E-state index is 0.167. The summed E-state index contributed by atoms with van der Waals surface area (Å²) in [5.41, 5.74) is 1.37. The molecular formula is C21H21FN2O2. The zero-order valence-corrected chi connectivity index (χ0v) is 14.6. The normalized spacial score (nSPS) is 11.8. The Hall–Kier alpha value is -3.08. The second-order valence-electron chi connectivity index (χ2n) is 5.88. The van der Waals surface area contributed by atoms with Crippen LogP contribution in [0.25, 0.3) is 0 Å². The van der Waals surface area contributed by atoms with Gasteiger partial charge in [0.15, 0.2) is 0 Å². The van der Waals surface area contributed by atoms with E-state index in [1.165, 1.54) is 12.1 Å². The highest BCUT2D eigenvalue weighted by molar-refractivity contribution is 5.92. The number of para-hydroxylation sites is 2. The van der Waals surface area contributed by atoms with Gasteiger partial charge in [-0.15, -0.1) is 0 Å². The Labute approximate surface area is 152 Å². The highest BCUT2D eigenvalue weighted by Gasteiger charge is 2.19. The maximum Gasteiger partial charge on any atom is 0.226 e. The van der Waals surface area contributed by atoms with Gasteiger partial charge in [-0.3, -0.25) is 4.79 Å². The Morgan fingerprint density at radius 3 is 2.62 bits per heavy atom. The third-order valence-corrected chi connectivity index (χ3v) is 4.06. The molecule has 2 aromatic carbocycles. The molecule has 5 heteroatoms. The third-order valence-electron chi connectivity index (χ3n) is 4.06. The molecular weight excluding hydrogens is 331 g/mol. The van der Waals surface area contributed by atoms with Crippen LogP contribution in [0.2, 0.25) is 0 Å². The number of hydrogen-bond acceptors (Lipinski definition) is 2. The SMILES string of the molecule is CCOc1ccccc1NC(=O)C[C@H](c1cccc(F)c1)n1cccc1. The minimum Gasteiger partial charge on any atom is -0.492 e. The van der Waals surface area contributed by atoms with E-state index < -0.39 is 0 Å². The van der Waals surface area contributed by atoms with Gasteiger partial charge in [-0.05, 0) is 48.9 Å². The molecule has 1 N–H and O–H groups in total. The Morgan fingerprint density at radius 1 is 1.12 bits per heavy atom. The molecule has 1 aromatic heterocycles. The highest BCUT2D eigenvalue weighted by Crippen LogP contribution is 2.27. The second-order valence-corrected chi connectivity index (χ2v) is 5.88. The van der Waals surface area contributed by atoms with Gasteiger partial charge < -0.3 is 14.6 Å². The number of rotatable bonds is 7. The summed E-state index contributed by atoms with van der Waals surface area (Å²) < 4.78 is 21.1. The van der Waals surface area contributed by atoms with E-state index in [1.54, 1.807) is 12.1 Å². The molecule has 0 fully saturated rings. The molecule has 4 nitrogen and oxygen atoms in total. The summed E-state index contributed by atoms with van der Waals surface area (Å²) in [5.74, 6) is 0.147. The van der Waals surface area contributed by atoms with Gasteiger partial charge in [0.2, 0.25) is 5.91 Å². The van der Waals surface area contributed by atoms with Crippen LogP contribution in [0.1, 0.15) is 24.9 Å². The number of hydrogen-bond donors (Lipinski definition) is 1. The topological polar surface area (TPSA) is 43.3 Å². The first-order chi connectivity index (χ1) is 12.7. The molecule has 3 aromatic rings. The molecule has 0 spiro atoms. The molecule has 134 valence electrons. The number of benzene rings is 2. The van der Waals surface area contributed by atoms with Gasteiger partial charge in [0.25, 0.3) is 0 Å². The zero-order chi connectivity index (χ0) is 18.4. The first kappa shape index (κ1) is 17.7. The number of anilines is 1. The largest absolute Gasteiger partial charge is 0.492 e. The molecule has 0 unspecified atom stereocenters. The van der Waals surface area contributed by atoms with Crippen molar-refractivity contribution in [3.05, 3.63) is 84.4 Å². The Bertz CT molecular complexity index is 862. The van der Waals surface area contributed by atoms with E-state index in [0.29, 0.717) is 18.0 Å². The maximum absolute atomic E-state index is 13.7. The summed E-state index contributed by atoms with van der Waals surface area (Å²) >= 11 is 0. The zero-order valence-electron chi connectivity index (χ0n) is 14.6. The predicted molar refractivity (Wildman–Crippen MR) is 99.8 cm³/mol. The number of ether oxygens (including phenoxy) is 1. The molecule has 0 aliphatic heterocycles. The molecule has 26 heavy (non-hydrogen) atoms. The molecule has 1 atom stereocenters. The first-order valence-corrected chi connectivity index (χ1v) is 8.57. The van der Waals surface area contributed by atoms with Crippen molar-refractivity contribution in [3.63, 3.8) is 0 Å². The summed E-state index contributed by atoms with van der Waals surface area (Å²) in [4.78, 5) is 12.7. The second kappa shape index (κ2) is 8.34. The lowest BCUT2D eigenvalue weighted by atomic mass is 10.0. The van der Waals surface area contributed by atoms with Crippen LogP contribution >= 0.6 is 0 Å². The van der Waals surface area contributed by atoms with Crippen LogP contribution in [0.15, 0.2) is 73.1 Å². The molecule has 0 aliphatic carbocycles. The lowest BCUT2D eigenvalue weighted by Gasteiger charge is -2.20. The van der Waals surface area contributed by atoms with Crippen LogP contribution in [0, 0.1) is 5.82 Å². The monoisotopic (exact) mass is 352 g/mol. The number of aromatic nitrogens is 1. The van der Waals surface area contributed by atoms with Crippen LogP contribution in [0.4, 0.5) is 10.1 Å². The van der Waals surface area contributed by atoms with Crippen molar-refractivity contribution in [3.8, 4) is 5.75 Å². The van der Waals surface area contributed by atoms with Gasteiger partial charge in [-0.1, -0.05) is 24.3 Å². The molecule has 0 radical (unpaired) electrons. The lowest BCUT2D eigenvalue weighted by molar-refractivity contribution is -0.116. The van der Waals surface area contributed by atoms with Gasteiger partial charge in [-0.2, -0.15) is 0 Å². The number of nitrogens with zero attached hydrogens (tertiary/aromatic N) is 1. The van der Waals surface area contributed by atoms with Crippen LogP contribution < -0.4 is 10.1 Å². The number of carbonyl (C=O) groups excluding carboxylic acids is 1. The average molecular weight is 352 g/mol. The van der Waals surface area contributed by atoms with E-state index >= 15 is 0 Å². The Morgan fingerprint density at radius 2 is 1.88 bits per heavy atom. The van der Waals surface area contributed by atoms with E-state index in [1.807, 2.05) is 60.3 Å². The fourth-order valence-electron chi connectivity index (χ4n) is 2.89. The molecule has 0 saturated heterocycles. The fraction of sp³-hybridized carbons (Fsp3) is 0.190. The number of amides is 1. The van der Waals surface area contributed by atoms with Crippen molar-refractivity contribution in [2.45, 2.75) is 19.4 Å². The quantitative estimate of drug-likeness (QED) is 0.673. The van der Waals surface area contributed by atoms with E-state index in [0.717, 1.165) is 5.56 Å². The molecule has 3 rings (SSSR count). The minimum atomic E-state index is -0.318. The summed E-state index contributed by atoms with van der Waals surface area (Å²) in [6, 6.07) is 17.1. The smallest absolute Gasteiger partial charge is 0.226 e.